The summed E-state index contributed by atoms with van der Waals surface area (Å²) in [5.41, 5.74) is 0.629. The first-order chi connectivity index (χ1) is 10.9. The molecule has 8 heteroatoms. The number of methoxy groups -OCH3 is 1. The molecule has 0 saturated heterocycles. The van der Waals surface area contributed by atoms with Crippen molar-refractivity contribution in [2.45, 2.75) is 37.1 Å². The van der Waals surface area contributed by atoms with E-state index < -0.39 is 0 Å². The molecule has 124 valence electrons. The lowest BCUT2D eigenvalue weighted by atomic mass is 10.2. The molecule has 7 nitrogen and oxygen atoms in total. The number of aromatic nitrogens is 3. The highest BCUT2D eigenvalue weighted by Gasteiger charge is 2.21. The SMILES string of the molecule is COc1ccccc1NC(=O)[C@H](C)Sc1nnc(C(C)C)n1N. The third kappa shape index (κ3) is 3.95. The Balaban J connectivity index is 2.06. The Kier molecular flexibility index (Phi) is 5.49. The monoisotopic (exact) mass is 335 g/mol. The van der Waals surface area contributed by atoms with Crippen molar-refractivity contribution in [2.75, 3.05) is 18.3 Å². The van der Waals surface area contributed by atoms with Gasteiger partial charge in [-0.05, 0) is 19.1 Å². The van der Waals surface area contributed by atoms with E-state index in [4.69, 9.17) is 10.6 Å². The maximum absolute atomic E-state index is 12.4. The Hall–Kier alpha value is -2.22. The molecule has 1 heterocycles. The van der Waals surface area contributed by atoms with Gasteiger partial charge < -0.3 is 15.9 Å². The Morgan fingerprint density at radius 2 is 2.00 bits per heavy atom. The van der Waals surface area contributed by atoms with Crippen LogP contribution in [0.25, 0.3) is 0 Å². The smallest absolute Gasteiger partial charge is 0.237 e. The molecule has 1 atom stereocenters. The van der Waals surface area contributed by atoms with Crippen molar-refractivity contribution in [1.82, 2.24) is 14.9 Å². The van der Waals surface area contributed by atoms with Gasteiger partial charge in [0.15, 0.2) is 5.82 Å². The number of nitrogens with zero attached hydrogens (tertiary/aromatic N) is 3. The molecule has 1 aromatic carbocycles. The first kappa shape index (κ1) is 17.1. The minimum absolute atomic E-state index is 0.159. The van der Waals surface area contributed by atoms with Crippen LogP contribution in [0.2, 0.25) is 0 Å². The van der Waals surface area contributed by atoms with Crippen LogP contribution in [0.4, 0.5) is 5.69 Å². The van der Waals surface area contributed by atoms with E-state index in [0.717, 1.165) is 0 Å². The van der Waals surface area contributed by atoms with Gasteiger partial charge >= 0.3 is 0 Å². The average molecular weight is 335 g/mol. The number of rotatable bonds is 6. The number of thioether (sulfide) groups is 1. The first-order valence-corrected chi connectivity index (χ1v) is 8.13. The predicted molar refractivity (Wildman–Crippen MR) is 91.2 cm³/mol. The van der Waals surface area contributed by atoms with E-state index in [1.165, 1.54) is 16.4 Å². The molecule has 0 fully saturated rings. The summed E-state index contributed by atoms with van der Waals surface area (Å²) >= 11 is 1.26. The molecule has 0 aliphatic carbocycles. The van der Waals surface area contributed by atoms with Gasteiger partial charge in [0.25, 0.3) is 0 Å². The van der Waals surface area contributed by atoms with E-state index in [2.05, 4.69) is 15.5 Å². The lowest BCUT2D eigenvalue weighted by molar-refractivity contribution is -0.115. The fourth-order valence-corrected chi connectivity index (χ4v) is 2.73. The zero-order valence-electron chi connectivity index (χ0n) is 13.6. The molecule has 0 unspecified atom stereocenters. The number of ether oxygens (including phenoxy) is 1. The van der Waals surface area contributed by atoms with Crippen molar-refractivity contribution in [2.24, 2.45) is 0 Å². The zero-order chi connectivity index (χ0) is 17.0. The van der Waals surface area contributed by atoms with Gasteiger partial charge in [0.1, 0.15) is 5.75 Å². The van der Waals surface area contributed by atoms with Gasteiger partial charge in [0, 0.05) is 5.92 Å². The number of carbonyl (C=O) groups is 1. The lowest BCUT2D eigenvalue weighted by Gasteiger charge is -2.13. The number of hydrogen-bond donors (Lipinski definition) is 2. The number of nitrogens with one attached hydrogen (secondary N) is 1. The molecule has 2 rings (SSSR count). The number of anilines is 1. The van der Waals surface area contributed by atoms with Crippen molar-refractivity contribution in [3.05, 3.63) is 30.1 Å². The van der Waals surface area contributed by atoms with Crippen LogP contribution < -0.4 is 15.9 Å². The molecule has 0 aliphatic rings. The molecule has 0 radical (unpaired) electrons. The summed E-state index contributed by atoms with van der Waals surface area (Å²) in [5, 5.41) is 11.1. The number of carbonyl (C=O) groups excluding carboxylic acids is 1. The van der Waals surface area contributed by atoms with Gasteiger partial charge in [-0.15, -0.1) is 10.2 Å². The normalized spacial score (nSPS) is 12.2. The van der Waals surface area contributed by atoms with Crippen LogP contribution in [0.1, 0.15) is 32.5 Å². The minimum atomic E-state index is -0.383. The Morgan fingerprint density at radius 3 is 2.61 bits per heavy atom. The van der Waals surface area contributed by atoms with Gasteiger partial charge in [-0.25, -0.2) is 4.68 Å². The summed E-state index contributed by atoms with van der Waals surface area (Å²) in [6.45, 7) is 5.76. The molecule has 0 spiro atoms. The predicted octanol–water partition coefficient (Wildman–Crippen LogP) is 2.24. The maximum Gasteiger partial charge on any atom is 0.237 e. The standard InChI is InChI=1S/C15H21N5O2S/c1-9(2)13-18-19-15(20(13)16)23-10(3)14(21)17-11-7-5-6-8-12(11)22-4/h5-10H,16H2,1-4H3,(H,17,21)/t10-/m0/s1. The van der Waals surface area contributed by atoms with Crippen LogP contribution >= 0.6 is 11.8 Å². The Labute approximate surface area is 139 Å². The number of nitrogen functional groups attached to an aromatic ring is 1. The molecular formula is C15H21N5O2S. The maximum atomic E-state index is 12.4. The van der Waals surface area contributed by atoms with Crippen LogP contribution in [0.5, 0.6) is 5.75 Å². The Morgan fingerprint density at radius 1 is 1.30 bits per heavy atom. The number of amides is 1. The quantitative estimate of drug-likeness (QED) is 0.621. The van der Waals surface area contributed by atoms with Gasteiger partial charge in [-0.1, -0.05) is 37.7 Å². The van der Waals surface area contributed by atoms with E-state index in [9.17, 15) is 4.79 Å². The second-order valence-corrected chi connectivity index (χ2v) is 6.62. The van der Waals surface area contributed by atoms with Crippen molar-refractivity contribution in [3.63, 3.8) is 0 Å². The van der Waals surface area contributed by atoms with Gasteiger partial charge in [0.2, 0.25) is 11.1 Å². The van der Waals surface area contributed by atoms with E-state index in [1.807, 2.05) is 26.0 Å². The summed E-state index contributed by atoms with van der Waals surface area (Å²) in [6, 6.07) is 7.26. The zero-order valence-corrected chi connectivity index (χ0v) is 14.4. The number of benzene rings is 1. The second kappa shape index (κ2) is 7.36. The first-order valence-electron chi connectivity index (χ1n) is 7.25. The van der Waals surface area contributed by atoms with Crippen LogP contribution in [0.3, 0.4) is 0 Å². The average Bonchev–Trinajstić information content (AvgIpc) is 2.89. The molecule has 2 aromatic rings. The largest absolute Gasteiger partial charge is 0.495 e. The van der Waals surface area contributed by atoms with E-state index in [1.54, 1.807) is 26.2 Å². The van der Waals surface area contributed by atoms with Crippen molar-refractivity contribution in [1.29, 1.82) is 0 Å². The fourth-order valence-electron chi connectivity index (χ4n) is 1.96. The molecule has 1 amide bonds. The number of hydrogen-bond acceptors (Lipinski definition) is 6. The van der Waals surface area contributed by atoms with Crippen LogP contribution in [-0.2, 0) is 4.79 Å². The number of nitrogens with two attached hydrogens (primary N) is 1. The second-order valence-electron chi connectivity index (χ2n) is 5.32. The van der Waals surface area contributed by atoms with Crippen LogP contribution in [-0.4, -0.2) is 33.1 Å². The molecule has 3 N–H and O–H groups in total. The Bertz CT molecular complexity index is 686. The van der Waals surface area contributed by atoms with Crippen LogP contribution in [0.15, 0.2) is 29.4 Å². The third-order valence-electron chi connectivity index (χ3n) is 3.22. The third-order valence-corrected chi connectivity index (χ3v) is 4.28. The minimum Gasteiger partial charge on any atom is -0.495 e. The van der Waals surface area contributed by atoms with Gasteiger partial charge in [-0.2, -0.15) is 0 Å². The topological polar surface area (TPSA) is 95.1 Å². The van der Waals surface area contributed by atoms with E-state index in [0.29, 0.717) is 22.4 Å². The van der Waals surface area contributed by atoms with Crippen LogP contribution in [0, 0.1) is 0 Å². The van der Waals surface area contributed by atoms with Gasteiger partial charge in [-0.3, -0.25) is 4.79 Å². The van der Waals surface area contributed by atoms with Crippen molar-refractivity contribution >= 4 is 23.4 Å². The van der Waals surface area contributed by atoms with Crippen molar-refractivity contribution < 1.29 is 9.53 Å². The summed E-state index contributed by atoms with van der Waals surface area (Å²) in [5.74, 6) is 7.28. The lowest BCUT2D eigenvalue weighted by Crippen LogP contribution is -2.24. The molecule has 1 aromatic heterocycles. The number of para-hydroxylation sites is 2. The fraction of sp³-hybridized carbons (Fsp3) is 0.400. The highest BCUT2D eigenvalue weighted by Crippen LogP contribution is 2.26. The summed E-state index contributed by atoms with van der Waals surface area (Å²) in [4.78, 5) is 12.4. The molecule has 0 saturated carbocycles. The highest BCUT2D eigenvalue weighted by molar-refractivity contribution is 8.00. The summed E-state index contributed by atoms with van der Waals surface area (Å²) < 4.78 is 6.66. The summed E-state index contributed by atoms with van der Waals surface area (Å²) in [6.07, 6.45) is 0. The summed E-state index contributed by atoms with van der Waals surface area (Å²) in [7, 11) is 1.56. The van der Waals surface area contributed by atoms with Gasteiger partial charge in [0.05, 0.1) is 18.0 Å². The molecule has 0 aliphatic heterocycles. The van der Waals surface area contributed by atoms with E-state index in [-0.39, 0.29) is 17.1 Å². The molecule has 0 bridgehead atoms. The molecular weight excluding hydrogens is 314 g/mol. The highest BCUT2D eigenvalue weighted by atomic mass is 32.2. The molecule has 23 heavy (non-hydrogen) atoms. The van der Waals surface area contributed by atoms with E-state index >= 15 is 0 Å². The van der Waals surface area contributed by atoms with Crippen molar-refractivity contribution in [3.8, 4) is 5.75 Å².